The van der Waals surface area contributed by atoms with Crippen molar-refractivity contribution >= 4 is 16.0 Å². The third kappa shape index (κ3) is 4.08. The summed E-state index contributed by atoms with van der Waals surface area (Å²) in [6.07, 6.45) is 1.49. The predicted octanol–water partition coefficient (Wildman–Crippen LogP) is 0.956. The molecule has 0 aromatic heterocycles. The Bertz CT molecular complexity index is 550. The van der Waals surface area contributed by atoms with Crippen molar-refractivity contribution in [3.05, 3.63) is 36.9 Å². The van der Waals surface area contributed by atoms with E-state index < -0.39 is 22.6 Å². The van der Waals surface area contributed by atoms with Crippen LogP contribution in [-0.2, 0) is 14.8 Å². The minimum atomic E-state index is -3.56. The summed E-state index contributed by atoms with van der Waals surface area (Å²) in [5.41, 5.74) is 0. The lowest BCUT2D eigenvalue weighted by molar-refractivity contribution is -0.139. The van der Waals surface area contributed by atoms with Gasteiger partial charge in [0.25, 0.3) is 0 Å². The van der Waals surface area contributed by atoms with Gasteiger partial charge in [0.15, 0.2) is 6.61 Å². The lowest BCUT2D eigenvalue weighted by Crippen LogP contribution is -2.26. The summed E-state index contributed by atoms with van der Waals surface area (Å²) in [5.74, 6) is -0.796. The van der Waals surface area contributed by atoms with Gasteiger partial charge >= 0.3 is 5.97 Å². The average molecular weight is 285 g/mol. The van der Waals surface area contributed by atoms with Crippen LogP contribution in [0.3, 0.4) is 0 Å². The lowest BCUT2D eigenvalue weighted by atomic mass is 10.3. The fourth-order valence-electron chi connectivity index (χ4n) is 1.31. The van der Waals surface area contributed by atoms with Crippen molar-refractivity contribution in [2.24, 2.45) is 0 Å². The Morgan fingerprint density at radius 2 is 2.00 bits per heavy atom. The molecule has 0 saturated carbocycles. The maximum atomic E-state index is 12.0. The summed E-state index contributed by atoms with van der Waals surface area (Å²) in [6.45, 7) is 3.22. The number of likely N-dealkylation sites (N-methyl/N-ethyl adjacent to an activating group) is 1. The molecule has 0 atom stereocenters. The van der Waals surface area contributed by atoms with Gasteiger partial charge < -0.3 is 9.84 Å². The molecular weight excluding hydrogens is 270 g/mol. The molecule has 1 aromatic rings. The number of carboxylic acids is 1. The van der Waals surface area contributed by atoms with E-state index in [0.29, 0.717) is 5.75 Å². The Morgan fingerprint density at radius 3 is 2.47 bits per heavy atom. The highest BCUT2D eigenvalue weighted by Crippen LogP contribution is 2.18. The smallest absolute Gasteiger partial charge is 0.341 e. The van der Waals surface area contributed by atoms with E-state index in [-0.39, 0.29) is 11.4 Å². The molecule has 0 aliphatic carbocycles. The summed E-state index contributed by atoms with van der Waals surface area (Å²) >= 11 is 0. The van der Waals surface area contributed by atoms with Gasteiger partial charge in [0, 0.05) is 13.6 Å². The molecule has 104 valence electrons. The molecule has 0 aliphatic rings. The maximum Gasteiger partial charge on any atom is 0.341 e. The number of nitrogens with zero attached hydrogens (tertiary/aromatic N) is 1. The Morgan fingerprint density at radius 1 is 1.42 bits per heavy atom. The van der Waals surface area contributed by atoms with Gasteiger partial charge in [-0.25, -0.2) is 13.2 Å². The fraction of sp³-hybridized carbons (Fsp3) is 0.250. The Hall–Kier alpha value is -1.86. The van der Waals surface area contributed by atoms with Gasteiger partial charge in [-0.2, -0.15) is 4.31 Å². The van der Waals surface area contributed by atoms with Gasteiger partial charge in [0.1, 0.15) is 5.75 Å². The summed E-state index contributed by atoms with van der Waals surface area (Å²) in [5, 5.41) is 8.45. The summed E-state index contributed by atoms with van der Waals surface area (Å²) in [7, 11) is -2.11. The number of carbonyl (C=O) groups is 1. The highest BCUT2D eigenvalue weighted by Gasteiger charge is 2.19. The van der Waals surface area contributed by atoms with Crippen molar-refractivity contribution in [1.29, 1.82) is 0 Å². The fourth-order valence-corrected chi connectivity index (χ4v) is 2.45. The SMILES string of the molecule is C=CCN(C)S(=O)(=O)c1ccc(OCC(=O)O)cc1. The second-order valence-electron chi connectivity index (χ2n) is 3.73. The van der Waals surface area contributed by atoms with Crippen molar-refractivity contribution in [3.8, 4) is 5.75 Å². The number of hydrogen-bond donors (Lipinski definition) is 1. The number of benzene rings is 1. The molecule has 0 fully saturated rings. The second kappa shape index (κ2) is 6.35. The van der Waals surface area contributed by atoms with Crippen LogP contribution in [0.25, 0.3) is 0 Å². The first-order valence-electron chi connectivity index (χ1n) is 5.40. The van der Waals surface area contributed by atoms with Crippen LogP contribution in [0.1, 0.15) is 0 Å². The van der Waals surface area contributed by atoms with E-state index in [1.165, 1.54) is 37.4 Å². The molecular formula is C12H15NO5S. The van der Waals surface area contributed by atoms with Gasteiger partial charge in [0.2, 0.25) is 10.0 Å². The van der Waals surface area contributed by atoms with E-state index in [0.717, 1.165) is 4.31 Å². The minimum absolute atomic E-state index is 0.111. The molecule has 1 aromatic carbocycles. The number of sulfonamides is 1. The third-order valence-corrected chi connectivity index (χ3v) is 4.12. The first-order chi connectivity index (χ1) is 8.87. The Kier molecular flexibility index (Phi) is 5.08. The van der Waals surface area contributed by atoms with E-state index in [1.807, 2.05) is 0 Å². The number of ether oxygens (including phenoxy) is 1. The molecule has 0 heterocycles. The quantitative estimate of drug-likeness (QED) is 0.754. The minimum Gasteiger partial charge on any atom is -0.482 e. The number of carboxylic acid groups (broad SMARTS) is 1. The molecule has 0 radical (unpaired) electrons. The van der Waals surface area contributed by atoms with Crippen LogP contribution in [0.4, 0.5) is 0 Å². The van der Waals surface area contributed by atoms with E-state index in [4.69, 9.17) is 9.84 Å². The molecule has 6 nitrogen and oxygen atoms in total. The van der Waals surface area contributed by atoms with Gasteiger partial charge in [-0.15, -0.1) is 6.58 Å². The van der Waals surface area contributed by atoms with E-state index in [1.54, 1.807) is 0 Å². The Balaban J connectivity index is 2.86. The van der Waals surface area contributed by atoms with Crippen molar-refractivity contribution in [3.63, 3.8) is 0 Å². The van der Waals surface area contributed by atoms with Crippen LogP contribution in [0, 0.1) is 0 Å². The standard InChI is InChI=1S/C12H15NO5S/c1-3-8-13(2)19(16,17)11-6-4-10(5-7-11)18-9-12(14)15/h3-7H,1,8-9H2,2H3,(H,14,15). The van der Waals surface area contributed by atoms with Crippen molar-refractivity contribution < 1.29 is 23.1 Å². The van der Waals surface area contributed by atoms with Crippen molar-refractivity contribution in [2.45, 2.75) is 4.90 Å². The molecule has 0 aliphatic heterocycles. The topological polar surface area (TPSA) is 83.9 Å². The molecule has 0 bridgehead atoms. The monoisotopic (exact) mass is 285 g/mol. The Labute approximate surface area is 112 Å². The van der Waals surface area contributed by atoms with Gasteiger partial charge in [0.05, 0.1) is 4.90 Å². The summed E-state index contributed by atoms with van der Waals surface area (Å²) in [4.78, 5) is 10.4. The zero-order valence-electron chi connectivity index (χ0n) is 10.4. The number of hydrogen-bond acceptors (Lipinski definition) is 4. The van der Waals surface area contributed by atoms with Crippen molar-refractivity contribution in [2.75, 3.05) is 20.2 Å². The first-order valence-corrected chi connectivity index (χ1v) is 6.84. The highest BCUT2D eigenvalue weighted by molar-refractivity contribution is 7.89. The molecule has 7 heteroatoms. The second-order valence-corrected chi connectivity index (χ2v) is 5.77. The normalized spacial score (nSPS) is 11.3. The largest absolute Gasteiger partial charge is 0.482 e. The third-order valence-electron chi connectivity index (χ3n) is 2.28. The number of rotatable bonds is 7. The molecule has 0 saturated heterocycles. The van der Waals surface area contributed by atoms with Crippen LogP contribution < -0.4 is 4.74 Å². The van der Waals surface area contributed by atoms with Gasteiger partial charge in [-0.1, -0.05) is 6.08 Å². The van der Waals surface area contributed by atoms with E-state index >= 15 is 0 Å². The zero-order chi connectivity index (χ0) is 14.5. The molecule has 19 heavy (non-hydrogen) atoms. The summed E-state index contributed by atoms with van der Waals surface area (Å²) in [6, 6.07) is 5.56. The van der Waals surface area contributed by atoms with E-state index in [9.17, 15) is 13.2 Å². The van der Waals surface area contributed by atoms with Crippen LogP contribution in [-0.4, -0.2) is 44.0 Å². The zero-order valence-corrected chi connectivity index (χ0v) is 11.3. The molecule has 0 amide bonds. The molecule has 1 N–H and O–H groups in total. The maximum absolute atomic E-state index is 12.0. The van der Waals surface area contributed by atoms with Crippen LogP contribution >= 0.6 is 0 Å². The molecule has 0 unspecified atom stereocenters. The highest BCUT2D eigenvalue weighted by atomic mass is 32.2. The van der Waals surface area contributed by atoms with Crippen LogP contribution in [0.15, 0.2) is 41.8 Å². The van der Waals surface area contributed by atoms with Gasteiger partial charge in [-0.3, -0.25) is 0 Å². The van der Waals surface area contributed by atoms with Crippen LogP contribution in [0.2, 0.25) is 0 Å². The van der Waals surface area contributed by atoms with Gasteiger partial charge in [-0.05, 0) is 24.3 Å². The lowest BCUT2D eigenvalue weighted by Gasteiger charge is -2.15. The van der Waals surface area contributed by atoms with E-state index in [2.05, 4.69) is 6.58 Å². The average Bonchev–Trinajstić information content (AvgIpc) is 2.37. The predicted molar refractivity (Wildman–Crippen MR) is 69.6 cm³/mol. The molecule has 0 spiro atoms. The van der Waals surface area contributed by atoms with Crippen molar-refractivity contribution in [1.82, 2.24) is 4.31 Å². The first kappa shape index (κ1) is 15.2. The van der Waals surface area contributed by atoms with Crippen LogP contribution in [0.5, 0.6) is 5.75 Å². The molecule has 1 rings (SSSR count). The number of aliphatic carboxylic acids is 1. The summed E-state index contributed by atoms with van der Waals surface area (Å²) < 4.78 is 30.2.